The molecule has 1 amide bonds. The predicted octanol–water partition coefficient (Wildman–Crippen LogP) is 1.03. The summed E-state index contributed by atoms with van der Waals surface area (Å²) in [7, 11) is 0. The van der Waals surface area contributed by atoms with Crippen molar-refractivity contribution in [2.45, 2.75) is 45.1 Å². The van der Waals surface area contributed by atoms with Gasteiger partial charge >= 0.3 is 0 Å². The first-order valence-electron chi connectivity index (χ1n) is 5.16. The highest BCUT2D eigenvalue weighted by Gasteiger charge is 2.07. The molecule has 14 heavy (non-hydrogen) atoms. The Morgan fingerprint density at radius 1 is 1.64 bits per heavy atom. The molecular formula is C11H20N2O. The van der Waals surface area contributed by atoms with Crippen LogP contribution in [-0.2, 0) is 4.79 Å². The highest BCUT2D eigenvalue weighted by atomic mass is 16.1. The fraction of sp³-hybridized carbons (Fsp3) is 0.727. The van der Waals surface area contributed by atoms with Crippen molar-refractivity contribution in [2.24, 2.45) is 5.73 Å². The monoisotopic (exact) mass is 196 g/mol. The average Bonchev–Trinajstić information content (AvgIpc) is 2.13. The topological polar surface area (TPSA) is 55.1 Å². The quantitative estimate of drug-likeness (QED) is 0.472. The van der Waals surface area contributed by atoms with Gasteiger partial charge in [-0.15, -0.1) is 12.3 Å². The minimum atomic E-state index is -0.00682. The number of carbonyl (C=O) groups excluding carboxylic acids is 1. The first kappa shape index (κ1) is 13.0. The molecule has 0 fully saturated rings. The molecule has 0 heterocycles. The van der Waals surface area contributed by atoms with Crippen LogP contribution >= 0.6 is 0 Å². The zero-order chi connectivity index (χ0) is 10.8. The van der Waals surface area contributed by atoms with Gasteiger partial charge in [0, 0.05) is 25.4 Å². The molecule has 0 aliphatic rings. The van der Waals surface area contributed by atoms with Gasteiger partial charge in [-0.25, -0.2) is 0 Å². The molecule has 3 nitrogen and oxygen atoms in total. The SMILES string of the molecule is C#CCCCNC(=O)CC(N)CCC. The summed E-state index contributed by atoms with van der Waals surface area (Å²) in [6.07, 6.45) is 8.97. The minimum Gasteiger partial charge on any atom is -0.356 e. The Morgan fingerprint density at radius 3 is 2.93 bits per heavy atom. The lowest BCUT2D eigenvalue weighted by atomic mass is 10.1. The number of hydrogen-bond acceptors (Lipinski definition) is 2. The van der Waals surface area contributed by atoms with E-state index in [9.17, 15) is 4.79 Å². The van der Waals surface area contributed by atoms with Gasteiger partial charge in [0.2, 0.25) is 5.91 Å². The summed E-state index contributed by atoms with van der Waals surface area (Å²) in [6.45, 7) is 2.71. The van der Waals surface area contributed by atoms with Gasteiger partial charge < -0.3 is 11.1 Å². The predicted molar refractivity (Wildman–Crippen MR) is 58.6 cm³/mol. The Kier molecular flexibility index (Phi) is 7.96. The van der Waals surface area contributed by atoms with Crippen molar-refractivity contribution in [3.63, 3.8) is 0 Å². The molecule has 0 saturated heterocycles. The summed E-state index contributed by atoms with van der Waals surface area (Å²) in [5, 5.41) is 2.79. The van der Waals surface area contributed by atoms with Crippen molar-refractivity contribution < 1.29 is 4.79 Å². The van der Waals surface area contributed by atoms with Gasteiger partial charge in [0.05, 0.1) is 0 Å². The van der Waals surface area contributed by atoms with E-state index in [0.717, 1.165) is 19.3 Å². The highest BCUT2D eigenvalue weighted by molar-refractivity contribution is 5.76. The molecule has 1 unspecified atom stereocenters. The smallest absolute Gasteiger partial charge is 0.221 e. The van der Waals surface area contributed by atoms with E-state index in [2.05, 4.69) is 18.2 Å². The molecule has 0 aromatic heterocycles. The first-order valence-corrected chi connectivity index (χ1v) is 5.16. The molecular weight excluding hydrogens is 176 g/mol. The molecule has 80 valence electrons. The van der Waals surface area contributed by atoms with Gasteiger partial charge in [0.25, 0.3) is 0 Å². The molecule has 3 N–H and O–H groups in total. The number of nitrogens with one attached hydrogen (secondary N) is 1. The number of terminal acetylenes is 1. The molecule has 1 atom stereocenters. The Morgan fingerprint density at radius 2 is 2.36 bits per heavy atom. The standard InChI is InChI=1S/C11H20N2O/c1-3-5-6-8-13-11(14)9-10(12)7-4-2/h1,10H,4-9,12H2,2H3,(H,13,14). The van der Waals surface area contributed by atoms with Gasteiger partial charge in [0.1, 0.15) is 0 Å². The third-order valence-corrected chi connectivity index (χ3v) is 1.93. The Balaban J connectivity index is 3.41. The summed E-state index contributed by atoms with van der Waals surface area (Å²) in [5.41, 5.74) is 5.72. The Bertz CT molecular complexity index is 196. The van der Waals surface area contributed by atoms with E-state index in [-0.39, 0.29) is 11.9 Å². The zero-order valence-corrected chi connectivity index (χ0v) is 8.88. The van der Waals surface area contributed by atoms with Crippen LogP contribution in [0, 0.1) is 12.3 Å². The zero-order valence-electron chi connectivity index (χ0n) is 8.88. The van der Waals surface area contributed by atoms with Crippen LogP contribution in [0.5, 0.6) is 0 Å². The number of amides is 1. The van der Waals surface area contributed by atoms with Crippen LogP contribution in [0.25, 0.3) is 0 Å². The van der Waals surface area contributed by atoms with Crippen molar-refractivity contribution in [1.82, 2.24) is 5.32 Å². The molecule has 0 radical (unpaired) electrons. The van der Waals surface area contributed by atoms with E-state index in [4.69, 9.17) is 12.2 Å². The second kappa shape index (κ2) is 8.58. The van der Waals surface area contributed by atoms with E-state index in [1.165, 1.54) is 0 Å². The third-order valence-electron chi connectivity index (χ3n) is 1.93. The number of unbranched alkanes of at least 4 members (excludes halogenated alkanes) is 1. The van der Waals surface area contributed by atoms with E-state index in [1.807, 2.05) is 0 Å². The van der Waals surface area contributed by atoms with Crippen LogP contribution in [-0.4, -0.2) is 18.5 Å². The number of rotatable bonds is 7. The Labute approximate surface area is 86.4 Å². The Hall–Kier alpha value is -1.01. The van der Waals surface area contributed by atoms with Crippen molar-refractivity contribution in [2.75, 3.05) is 6.54 Å². The van der Waals surface area contributed by atoms with Gasteiger partial charge in [-0.3, -0.25) is 4.79 Å². The van der Waals surface area contributed by atoms with Gasteiger partial charge in [-0.1, -0.05) is 13.3 Å². The molecule has 0 bridgehead atoms. The van der Waals surface area contributed by atoms with Crippen molar-refractivity contribution in [3.05, 3.63) is 0 Å². The van der Waals surface area contributed by atoms with Gasteiger partial charge in [0.15, 0.2) is 0 Å². The first-order chi connectivity index (χ1) is 6.70. The maximum atomic E-state index is 11.2. The van der Waals surface area contributed by atoms with Crippen molar-refractivity contribution >= 4 is 5.91 Å². The number of carbonyl (C=O) groups is 1. The van der Waals surface area contributed by atoms with E-state index >= 15 is 0 Å². The lowest BCUT2D eigenvalue weighted by molar-refractivity contribution is -0.121. The van der Waals surface area contributed by atoms with E-state index in [1.54, 1.807) is 0 Å². The summed E-state index contributed by atoms with van der Waals surface area (Å²) in [6, 6.07) is -0.00682. The van der Waals surface area contributed by atoms with Gasteiger partial charge in [-0.05, 0) is 12.8 Å². The summed E-state index contributed by atoms with van der Waals surface area (Å²) in [5.74, 6) is 2.56. The second-order valence-corrected chi connectivity index (χ2v) is 3.41. The fourth-order valence-corrected chi connectivity index (χ4v) is 1.20. The largest absolute Gasteiger partial charge is 0.356 e. The maximum Gasteiger partial charge on any atom is 0.221 e. The number of hydrogen-bond donors (Lipinski definition) is 2. The molecule has 0 rings (SSSR count). The second-order valence-electron chi connectivity index (χ2n) is 3.41. The normalized spacial score (nSPS) is 11.8. The van der Waals surface area contributed by atoms with Crippen molar-refractivity contribution in [3.8, 4) is 12.3 Å². The van der Waals surface area contributed by atoms with Crippen LogP contribution in [0.3, 0.4) is 0 Å². The minimum absolute atomic E-state index is 0.00682. The van der Waals surface area contributed by atoms with Crippen molar-refractivity contribution in [1.29, 1.82) is 0 Å². The summed E-state index contributed by atoms with van der Waals surface area (Å²) < 4.78 is 0. The number of nitrogens with two attached hydrogens (primary N) is 1. The summed E-state index contributed by atoms with van der Waals surface area (Å²) in [4.78, 5) is 11.2. The molecule has 0 aromatic rings. The maximum absolute atomic E-state index is 11.2. The van der Waals surface area contributed by atoms with Crippen LogP contribution in [0.2, 0.25) is 0 Å². The molecule has 0 aliphatic carbocycles. The summed E-state index contributed by atoms with van der Waals surface area (Å²) >= 11 is 0. The molecule has 0 aromatic carbocycles. The van der Waals surface area contributed by atoms with Crippen LogP contribution in [0.4, 0.5) is 0 Å². The lowest BCUT2D eigenvalue weighted by Gasteiger charge is -2.09. The molecule has 0 saturated carbocycles. The average molecular weight is 196 g/mol. The van der Waals surface area contributed by atoms with Crippen LogP contribution in [0.15, 0.2) is 0 Å². The third kappa shape index (κ3) is 7.63. The van der Waals surface area contributed by atoms with Gasteiger partial charge in [-0.2, -0.15) is 0 Å². The van der Waals surface area contributed by atoms with Crippen LogP contribution in [0.1, 0.15) is 39.0 Å². The molecule has 0 spiro atoms. The van der Waals surface area contributed by atoms with E-state index < -0.39 is 0 Å². The lowest BCUT2D eigenvalue weighted by Crippen LogP contribution is -2.32. The fourth-order valence-electron chi connectivity index (χ4n) is 1.20. The van der Waals surface area contributed by atoms with E-state index in [0.29, 0.717) is 19.4 Å². The molecule has 3 heteroatoms. The molecule has 0 aliphatic heterocycles. The van der Waals surface area contributed by atoms with Crippen LogP contribution < -0.4 is 11.1 Å². The highest BCUT2D eigenvalue weighted by Crippen LogP contribution is 1.97.